The molecule has 0 bridgehead atoms. The average molecular weight is 411 g/mol. The summed E-state index contributed by atoms with van der Waals surface area (Å²) in [5.41, 5.74) is 2.02. The van der Waals surface area contributed by atoms with Gasteiger partial charge in [-0.05, 0) is 29.7 Å². The molecule has 1 atom stereocenters. The van der Waals surface area contributed by atoms with Crippen LogP contribution in [0.2, 0.25) is 0 Å². The van der Waals surface area contributed by atoms with Crippen LogP contribution < -0.4 is 9.47 Å². The number of benzene rings is 2. The molecule has 2 aromatic carbocycles. The third-order valence-corrected chi connectivity index (χ3v) is 6.67. The standard InChI is InChI=1S/C21H21N3O4S/c1-27-20-13-22-14-21(23-20)28-18-11-12-24(15-18)29(25,26)19-9-7-17(8-10-19)16-5-3-2-4-6-16/h2-10,13-14,18H,11-12,15H2,1H3. The van der Waals surface area contributed by atoms with Crippen LogP contribution >= 0.6 is 0 Å². The number of ether oxygens (including phenoxy) is 2. The second-order valence-electron chi connectivity index (χ2n) is 6.68. The molecule has 1 unspecified atom stereocenters. The molecule has 3 aromatic rings. The van der Waals surface area contributed by atoms with Crippen molar-refractivity contribution < 1.29 is 17.9 Å². The van der Waals surface area contributed by atoms with Crippen molar-refractivity contribution in [2.75, 3.05) is 20.2 Å². The molecule has 29 heavy (non-hydrogen) atoms. The first-order chi connectivity index (χ1) is 14.1. The second kappa shape index (κ2) is 8.18. The molecule has 0 spiro atoms. The van der Waals surface area contributed by atoms with Crippen LogP contribution in [-0.2, 0) is 10.0 Å². The summed E-state index contributed by atoms with van der Waals surface area (Å²) < 4.78 is 38.3. The summed E-state index contributed by atoms with van der Waals surface area (Å²) in [5.74, 6) is 0.671. The molecule has 2 heterocycles. The average Bonchev–Trinajstić information content (AvgIpc) is 3.24. The minimum absolute atomic E-state index is 0.266. The highest BCUT2D eigenvalue weighted by Crippen LogP contribution is 2.26. The summed E-state index contributed by atoms with van der Waals surface area (Å²) in [7, 11) is -2.08. The Balaban J connectivity index is 1.45. The van der Waals surface area contributed by atoms with Crippen molar-refractivity contribution in [3.63, 3.8) is 0 Å². The molecule has 0 amide bonds. The number of methoxy groups -OCH3 is 1. The Morgan fingerprint density at radius 2 is 1.66 bits per heavy atom. The van der Waals surface area contributed by atoms with E-state index in [-0.39, 0.29) is 17.5 Å². The Kier molecular flexibility index (Phi) is 5.46. The van der Waals surface area contributed by atoms with E-state index in [0.29, 0.717) is 24.7 Å². The van der Waals surface area contributed by atoms with Crippen molar-refractivity contribution in [2.24, 2.45) is 0 Å². The normalized spacial score (nSPS) is 17.2. The number of rotatable bonds is 6. The summed E-state index contributed by atoms with van der Waals surface area (Å²) in [6.45, 7) is 0.659. The van der Waals surface area contributed by atoms with Crippen molar-refractivity contribution in [3.05, 3.63) is 67.0 Å². The monoisotopic (exact) mass is 411 g/mol. The fourth-order valence-corrected chi connectivity index (χ4v) is 4.75. The molecule has 4 rings (SSSR count). The van der Waals surface area contributed by atoms with E-state index in [1.807, 2.05) is 42.5 Å². The zero-order valence-electron chi connectivity index (χ0n) is 15.9. The van der Waals surface area contributed by atoms with Gasteiger partial charge < -0.3 is 9.47 Å². The molecule has 1 aliphatic heterocycles. The van der Waals surface area contributed by atoms with Gasteiger partial charge in [0.15, 0.2) is 0 Å². The van der Waals surface area contributed by atoms with Gasteiger partial charge in [0.05, 0.1) is 30.9 Å². The smallest absolute Gasteiger partial charge is 0.243 e. The minimum atomic E-state index is -3.58. The fourth-order valence-electron chi connectivity index (χ4n) is 3.27. The lowest BCUT2D eigenvalue weighted by Crippen LogP contribution is -2.31. The van der Waals surface area contributed by atoms with Crippen LogP contribution in [0.25, 0.3) is 11.1 Å². The molecular formula is C21H21N3O4S. The van der Waals surface area contributed by atoms with Crippen LogP contribution in [-0.4, -0.2) is 49.0 Å². The predicted octanol–water partition coefficient (Wildman–Crippen LogP) is 2.99. The summed E-state index contributed by atoms with van der Waals surface area (Å²) in [6.07, 6.45) is 3.27. The lowest BCUT2D eigenvalue weighted by Gasteiger charge is -2.17. The molecule has 0 N–H and O–H groups in total. The third kappa shape index (κ3) is 4.23. The highest BCUT2D eigenvalue weighted by molar-refractivity contribution is 7.89. The van der Waals surface area contributed by atoms with Crippen LogP contribution in [0.3, 0.4) is 0 Å². The summed E-state index contributed by atoms with van der Waals surface area (Å²) in [5, 5.41) is 0. The van der Waals surface area contributed by atoms with Crippen molar-refractivity contribution >= 4 is 10.0 Å². The topological polar surface area (TPSA) is 81.6 Å². The molecule has 1 aromatic heterocycles. The maximum absolute atomic E-state index is 13.0. The Morgan fingerprint density at radius 1 is 0.966 bits per heavy atom. The van der Waals surface area contributed by atoms with Gasteiger partial charge in [-0.2, -0.15) is 9.29 Å². The number of sulfonamides is 1. The molecule has 0 aliphatic carbocycles. The van der Waals surface area contributed by atoms with Gasteiger partial charge in [-0.15, -0.1) is 0 Å². The van der Waals surface area contributed by atoms with Gasteiger partial charge in [-0.1, -0.05) is 42.5 Å². The number of hydrogen-bond donors (Lipinski definition) is 0. The van der Waals surface area contributed by atoms with Crippen molar-refractivity contribution in [1.82, 2.24) is 14.3 Å². The van der Waals surface area contributed by atoms with Crippen molar-refractivity contribution in [1.29, 1.82) is 0 Å². The van der Waals surface area contributed by atoms with Crippen LogP contribution in [0.1, 0.15) is 6.42 Å². The van der Waals surface area contributed by atoms with Gasteiger partial charge in [-0.3, -0.25) is 4.98 Å². The Labute approximate surface area is 170 Å². The first-order valence-electron chi connectivity index (χ1n) is 9.24. The summed E-state index contributed by atoms with van der Waals surface area (Å²) in [4.78, 5) is 8.44. The van der Waals surface area contributed by atoms with Gasteiger partial charge in [0.25, 0.3) is 0 Å². The molecule has 1 saturated heterocycles. The molecule has 0 saturated carbocycles. The Hall–Kier alpha value is -2.97. The van der Waals surface area contributed by atoms with Crippen molar-refractivity contribution in [2.45, 2.75) is 17.4 Å². The SMILES string of the molecule is COc1cncc(OC2CCN(S(=O)(=O)c3ccc(-c4ccccc4)cc3)C2)n1. The van der Waals surface area contributed by atoms with E-state index in [0.717, 1.165) is 11.1 Å². The number of hydrogen-bond acceptors (Lipinski definition) is 6. The van der Waals surface area contributed by atoms with E-state index in [4.69, 9.17) is 9.47 Å². The van der Waals surface area contributed by atoms with E-state index < -0.39 is 10.0 Å². The summed E-state index contributed by atoms with van der Waals surface area (Å²) >= 11 is 0. The minimum Gasteiger partial charge on any atom is -0.480 e. The predicted molar refractivity (Wildman–Crippen MR) is 108 cm³/mol. The summed E-state index contributed by atoms with van der Waals surface area (Å²) in [6, 6.07) is 16.8. The van der Waals surface area contributed by atoms with E-state index in [1.54, 1.807) is 12.1 Å². The first-order valence-corrected chi connectivity index (χ1v) is 10.7. The van der Waals surface area contributed by atoms with Crippen LogP contribution in [0.4, 0.5) is 0 Å². The van der Waals surface area contributed by atoms with E-state index in [9.17, 15) is 8.42 Å². The maximum atomic E-state index is 13.0. The molecule has 1 fully saturated rings. The zero-order chi connectivity index (χ0) is 20.3. The van der Waals surface area contributed by atoms with Gasteiger partial charge >= 0.3 is 0 Å². The zero-order valence-corrected chi connectivity index (χ0v) is 16.7. The van der Waals surface area contributed by atoms with Crippen LogP contribution in [0.5, 0.6) is 11.8 Å². The van der Waals surface area contributed by atoms with Gasteiger partial charge in [0.1, 0.15) is 6.10 Å². The molecular weight excluding hydrogens is 390 g/mol. The Bertz CT molecular complexity index is 1070. The highest BCUT2D eigenvalue weighted by Gasteiger charge is 2.34. The van der Waals surface area contributed by atoms with Gasteiger partial charge in [0, 0.05) is 6.54 Å². The molecule has 0 radical (unpaired) electrons. The molecule has 1 aliphatic rings. The van der Waals surface area contributed by atoms with Crippen molar-refractivity contribution in [3.8, 4) is 22.9 Å². The van der Waals surface area contributed by atoms with E-state index in [1.165, 1.54) is 23.8 Å². The highest BCUT2D eigenvalue weighted by atomic mass is 32.2. The van der Waals surface area contributed by atoms with Crippen LogP contribution in [0, 0.1) is 0 Å². The quantitative estimate of drug-likeness (QED) is 0.620. The molecule has 8 heteroatoms. The Morgan fingerprint density at radius 3 is 2.38 bits per heavy atom. The largest absolute Gasteiger partial charge is 0.480 e. The van der Waals surface area contributed by atoms with E-state index >= 15 is 0 Å². The second-order valence-corrected chi connectivity index (χ2v) is 8.62. The fraction of sp³-hybridized carbons (Fsp3) is 0.238. The van der Waals surface area contributed by atoms with Gasteiger partial charge in [0.2, 0.25) is 21.8 Å². The third-order valence-electron chi connectivity index (χ3n) is 4.79. The number of aromatic nitrogens is 2. The van der Waals surface area contributed by atoms with Gasteiger partial charge in [-0.25, -0.2) is 8.42 Å². The lowest BCUT2D eigenvalue weighted by molar-refractivity contribution is 0.203. The number of nitrogens with zero attached hydrogens (tertiary/aromatic N) is 3. The lowest BCUT2D eigenvalue weighted by atomic mass is 10.1. The van der Waals surface area contributed by atoms with E-state index in [2.05, 4.69) is 9.97 Å². The first kappa shape index (κ1) is 19.4. The van der Waals surface area contributed by atoms with Crippen LogP contribution in [0.15, 0.2) is 71.9 Å². The maximum Gasteiger partial charge on any atom is 0.243 e. The molecule has 150 valence electrons. The molecule has 7 nitrogen and oxygen atoms in total.